The van der Waals surface area contributed by atoms with Crippen LogP contribution in [0.2, 0.25) is 0 Å². The maximum absolute atomic E-state index is 2.72. The van der Waals surface area contributed by atoms with Gasteiger partial charge in [-0.3, -0.25) is 0 Å². The van der Waals surface area contributed by atoms with Crippen LogP contribution in [0.15, 0.2) is 18.2 Å². The summed E-state index contributed by atoms with van der Waals surface area (Å²) < 4.78 is 5.23. The molecule has 0 spiro atoms. The standard InChI is InChI=1S/C25H39N2/c1-9-12-13-17-21-19(5)27-23(26(21)8)22-18(4)15-14-16-20(22)24(6,10-2)25(27,7)11-3/h14-16H,9-13,17H2,1-8H3/q+1. The molecule has 1 aromatic carbocycles. The molecule has 2 atom stereocenters. The Morgan fingerprint density at radius 2 is 1.70 bits per heavy atom. The Kier molecular flexibility index (Phi) is 5.31. The predicted molar refractivity (Wildman–Crippen MR) is 115 cm³/mol. The maximum atomic E-state index is 2.72. The summed E-state index contributed by atoms with van der Waals surface area (Å²) >= 11 is 0. The van der Waals surface area contributed by atoms with E-state index in [9.17, 15) is 0 Å². The number of aromatic nitrogens is 2. The van der Waals surface area contributed by atoms with E-state index in [0.717, 1.165) is 12.8 Å². The summed E-state index contributed by atoms with van der Waals surface area (Å²) in [6.45, 7) is 16.7. The Balaban J connectivity index is 2.37. The third kappa shape index (κ3) is 2.62. The highest BCUT2D eigenvalue weighted by Gasteiger charge is 2.56. The molecule has 0 saturated heterocycles. The van der Waals surface area contributed by atoms with E-state index in [1.165, 1.54) is 59.6 Å². The summed E-state index contributed by atoms with van der Waals surface area (Å²) in [7, 11) is 2.29. The first-order valence-electron chi connectivity index (χ1n) is 11.0. The smallest absolute Gasteiger partial charge is 0.230 e. The first kappa shape index (κ1) is 20.2. The van der Waals surface area contributed by atoms with E-state index < -0.39 is 0 Å². The molecule has 1 aromatic heterocycles. The molecular weight excluding hydrogens is 328 g/mol. The molecule has 0 N–H and O–H groups in total. The second kappa shape index (κ2) is 7.11. The number of rotatable bonds is 6. The lowest BCUT2D eigenvalue weighted by molar-refractivity contribution is -0.667. The molecule has 2 aromatic rings. The zero-order valence-electron chi connectivity index (χ0n) is 18.9. The topological polar surface area (TPSA) is 8.81 Å². The first-order valence-corrected chi connectivity index (χ1v) is 11.0. The normalized spacial score (nSPS) is 24.0. The molecule has 0 saturated carbocycles. The average molecular weight is 368 g/mol. The fourth-order valence-corrected chi connectivity index (χ4v) is 5.66. The Labute approximate surface area is 166 Å². The minimum absolute atomic E-state index is 0.0860. The van der Waals surface area contributed by atoms with Crippen molar-refractivity contribution in [3.8, 4) is 11.4 Å². The third-order valence-electron chi connectivity index (χ3n) is 7.87. The van der Waals surface area contributed by atoms with Crippen LogP contribution in [0.3, 0.4) is 0 Å². The molecule has 0 fully saturated rings. The number of hydrogen-bond donors (Lipinski definition) is 0. The Morgan fingerprint density at radius 3 is 2.30 bits per heavy atom. The van der Waals surface area contributed by atoms with Gasteiger partial charge in [0.1, 0.15) is 16.9 Å². The molecule has 0 radical (unpaired) electrons. The van der Waals surface area contributed by atoms with Gasteiger partial charge in [-0.1, -0.05) is 58.7 Å². The highest BCUT2D eigenvalue weighted by atomic mass is 15.2. The average Bonchev–Trinajstić information content (AvgIpc) is 2.91. The van der Waals surface area contributed by atoms with E-state index in [2.05, 4.69) is 82.8 Å². The summed E-state index contributed by atoms with van der Waals surface area (Å²) in [5.74, 6) is 1.42. The van der Waals surface area contributed by atoms with Crippen LogP contribution in [-0.2, 0) is 24.4 Å². The van der Waals surface area contributed by atoms with Gasteiger partial charge in [-0.2, -0.15) is 0 Å². The largest absolute Gasteiger partial charge is 0.290 e. The van der Waals surface area contributed by atoms with Crippen molar-refractivity contribution < 1.29 is 4.57 Å². The number of hydrogen-bond acceptors (Lipinski definition) is 0. The van der Waals surface area contributed by atoms with E-state index in [-0.39, 0.29) is 11.0 Å². The maximum Gasteiger partial charge on any atom is 0.290 e. The zero-order valence-corrected chi connectivity index (χ0v) is 18.9. The lowest BCUT2D eigenvalue weighted by Gasteiger charge is -2.48. The number of fused-ring (bicyclic) bond motifs is 3. The van der Waals surface area contributed by atoms with E-state index >= 15 is 0 Å². The van der Waals surface area contributed by atoms with Gasteiger partial charge in [-0.15, -0.1) is 0 Å². The van der Waals surface area contributed by atoms with Crippen LogP contribution in [0.4, 0.5) is 0 Å². The van der Waals surface area contributed by atoms with Crippen LogP contribution in [0.1, 0.15) is 89.2 Å². The molecule has 27 heavy (non-hydrogen) atoms. The molecule has 2 nitrogen and oxygen atoms in total. The molecule has 148 valence electrons. The van der Waals surface area contributed by atoms with Crippen molar-refractivity contribution in [1.29, 1.82) is 0 Å². The van der Waals surface area contributed by atoms with Gasteiger partial charge < -0.3 is 0 Å². The summed E-state index contributed by atoms with van der Waals surface area (Å²) in [4.78, 5) is 0. The van der Waals surface area contributed by atoms with Crippen molar-refractivity contribution in [2.24, 2.45) is 7.05 Å². The van der Waals surface area contributed by atoms with Gasteiger partial charge in [0.15, 0.2) is 0 Å². The van der Waals surface area contributed by atoms with Gasteiger partial charge in [0.05, 0.1) is 12.6 Å². The Morgan fingerprint density at radius 1 is 1.00 bits per heavy atom. The molecule has 2 unspecified atom stereocenters. The second-order valence-corrected chi connectivity index (χ2v) is 9.02. The van der Waals surface area contributed by atoms with Crippen molar-refractivity contribution >= 4 is 0 Å². The molecule has 0 amide bonds. The molecule has 1 aliphatic heterocycles. The van der Waals surface area contributed by atoms with Crippen molar-refractivity contribution in [1.82, 2.24) is 4.57 Å². The number of nitrogens with zero attached hydrogens (tertiary/aromatic N) is 2. The van der Waals surface area contributed by atoms with Gasteiger partial charge >= 0.3 is 0 Å². The zero-order chi connectivity index (χ0) is 20.0. The predicted octanol–water partition coefficient (Wildman–Crippen LogP) is 6.14. The fourth-order valence-electron chi connectivity index (χ4n) is 5.66. The Bertz CT molecular complexity index is 844. The minimum Gasteiger partial charge on any atom is -0.230 e. The SMILES string of the molecule is CCCCCc1c(C)n2c([n+]1C)-c1c(C)cccc1C(C)(CC)C2(C)CC. The van der Waals surface area contributed by atoms with Crippen molar-refractivity contribution in [3.05, 3.63) is 40.7 Å². The fraction of sp³-hybridized carbons (Fsp3) is 0.640. The molecule has 3 rings (SSSR count). The van der Waals surface area contributed by atoms with Gasteiger partial charge in [0.2, 0.25) is 0 Å². The summed E-state index contributed by atoms with van der Waals surface area (Å²) in [5, 5.41) is 0. The summed E-state index contributed by atoms with van der Waals surface area (Å²) in [6.07, 6.45) is 7.34. The summed E-state index contributed by atoms with van der Waals surface area (Å²) in [6, 6.07) is 6.93. The number of unbranched alkanes of at least 4 members (excludes halogenated alkanes) is 2. The van der Waals surface area contributed by atoms with Gasteiger partial charge in [-0.05, 0) is 44.2 Å². The Hall–Kier alpha value is -1.57. The first-order chi connectivity index (χ1) is 12.8. The lowest BCUT2D eigenvalue weighted by Crippen LogP contribution is -2.53. The third-order valence-corrected chi connectivity index (χ3v) is 7.87. The minimum atomic E-state index is 0.0860. The van der Waals surface area contributed by atoms with Crippen LogP contribution in [0.25, 0.3) is 11.4 Å². The van der Waals surface area contributed by atoms with Crippen molar-refractivity contribution in [2.75, 3.05) is 0 Å². The highest BCUT2D eigenvalue weighted by molar-refractivity contribution is 5.69. The van der Waals surface area contributed by atoms with Gasteiger partial charge in [0, 0.05) is 18.8 Å². The van der Waals surface area contributed by atoms with E-state index in [1.54, 1.807) is 0 Å². The molecule has 0 aliphatic carbocycles. The van der Waals surface area contributed by atoms with E-state index in [0.29, 0.717) is 0 Å². The van der Waals surface area contributed by atoms with Crippen LogP contribution in [0.5, 0.6) is 0 Å². The number of benzene rings is 1. The second-order valence-electron chi connectivity index (χ2n) is 9.02. The molecule has 2 heterocycles. The van der Waals surface area contributed by atoms with Crippen LogP contribution < -0.4 is 4.57 Å². The molecule has 2 heteroatoms. The van der Waals surface area contributed by atoms with Crippen LogP contribution >= 0.6 is 0 Å². The van der Waals surface area contributed by atoms with Crippen LogP contribution in [-0.4, -0.2) is 4.57 Å². The molecular formula is C25H39N2+. The number of imidazole rings is 1. The van der Waals surface area contributed by atoms with Gasteiger partial charge in [-0.25, -0.2) is 9.13 Å². The quantitative estimate of drug-likeness (QED) is 0.428. The van der Waals surface area contributed by atoms with E-state index in [1.807, 2.05) is 0 Å². The van der Waals surface area contributed by atoms with Gasteiger partial charge in [0.25, 0.3) is 5.82 Å². The molecule has 1 aliphatic rings. The molecule has 0 bridgehead atoms. The lowest BCUT2D eigenvalue weighted by atomic mass is 9.60. The summed E-state index contributed by atoms with van der Waals surface area (Å²) in [5.41, 5.74) is 7.63. The van der Waals surface area contributed by atoms with Crippen molar-refractivity contribution in [2.45, 2.75) is 97.9 Å². The van der Waals surface area contributed by atoms with Crippen LogP contribution in [0, 0.1) is 13.8 Å². The number of aryl methyl sites for hydroxylation is 1. The van der Waals surface area contributed by atoms with Crippen molar-refractivity contribution in [3.63, 3.8) is 0 Å². The highest BCUT2D eigenvalue weighted by Crippen LogP contribution is 2.54. The van der Waals surface area contributed by atoms with E-state index in [4.69, 9.17) is 0 Å². The monoisotopic (exact) mass is 367 g/mol.